The average Bonchev–Trinajstić information content (AvgIpc) is 3.22. The number of hydrogen-bond acceptors (Lipinski definition) is 2. The lowest BCUT2D eigenvalue weighted by Gasteiger charge is -2.15. The molecule has 164 valence electrons. The zero-order valence-corrected chi connectivity index (χ0v) is 21.9. The Morgan fingerprint density at radius 1 is 1.10 bits per heavy atom. The average molecular weight is 550 g/mol. The molecule has 0 amide bonds. The van der Waals surface area contributed by atoms with Crippen molar-refractivity contribution in [2.75, 3.05) is 6.61 Å². The molecule has 2 heterocycles. The minimum atomic E-state index is -1.11. The van der Waals surface area contributed by atoms with Crippen molar-refractivity contribution >= 4 is 52.5 Å². The summed E-state index contributed by atoms with van der Waals surface area (Å²) in [6, 6.07) is 12.3. The van der Waals surface area contributed by atoms with Gasteiger partial charge in [-0.25, -0.2) is 9.07 Å². The number of nitrogens with zero attached hydrogens (tertiary/aromatic N) is 3. The molecule has 4 nitrogen and oxygen atoms in total. The van der Waals surface area contributed by atoms with Gasteiger partial charge in [0.1, 0.15) is 12.5 Å². The van der Waals surface area contributed by atoms with Crippen LogP contribution in [0.1, 0.15) is 25.5 Å². The molecule has 0 aliphatic heterocycles. The van der Waals surface area contributed by atoms with Gasteiger partial charge in [0, 0.05) is 40.4 Å². The number of aromatic nitrogens is 3. The first-order chi connectivity index (χ1) is 14.7. The third kappa shape index (κ3) is 4.59. The smallest absolute Gasteiger partial charge is 0.139 e. The molecule has 7 heteroatoms. The first-order valence-corrected chi connectivity index (χ1v) is 15.5. The summed E-state index contributed by atoms with van der Waals surface area (Å²) in [5, 5.41) is 6.84. The predicted molar refractivity (Wildman–Crippen MR) is 137 cm³/mol. The van der Waals surface area contributed by atoms with Gasteiger partial charge in [-0.1, -0.05) is 33.5 Å². The summed E-state index contributed by atoms with van der Waals surface area (Å²) < 4.78 is 24.9. The number of ether oxygens (including phenoxy) is 1. The van der Waals surface area contributed by atoms with Gasteiger partial charge in [-0.15, -0.1) is 0 Å². The maximum atomic E-state index is 13.6. The number of hydrogen-bond donors (Lipinski definition) is 0. The third-order valence-corrected chi connectivity index (χ3v) is 8.38. The van der Waals surface area contributed by atoms with Crippen LogP contribution in [0.25, 0.3) is 27.5 Å². The monoisotopic (exact) mass is 549 g/mol. The fraction of sp³-hybridized carbons (Fsp3) is 0.375. The van der Waals surface area contributed by atoms with E-state index in [9.17, 15) is 4.39 Å². The van der Waals surface area contributed by atoms with Crippen LogP contribution in [0.3, 0.4) is 0 Å². The van der Waals surface area contributed by atoms with E-state index >= 15 is 0 Å². The van der Waals surface area contributed by atoms with E-state index in [4.69, 9.17) is 4.74 Å². The molecule has 0 unspecified atom stereocenters. The molecule has 0 spiro atoms. The van der Waals surface area contributed by atoms with Crippen LogP contribution < -0.4 is 0 Å². The van der Waals surface area contributed by atoms with Crippen LogP contribution in [0.5, 0.6) is 0 Å². The molecule has 2 aromatic heterocycles. The van der Waals surface area contributed by atoms with Crippen LogP contribution in [-0.2, 0) is 11.5 Å². The van der Waals surface area contributed by atoms with E-state index in [0.717, 1.165) is 34.8 Å². The molecule has 0 saturated carbocycles. The largest absolute Gasteiger partial charge is 0.360 e. The van der Waals surface area contributed by atoms with E-state index < -0.39 is 8.07 Å². The number of rotatable bonds is 7. The Labute approximate surface area is 197 Å². The summed E-state index contributed by atoms with van der Waals surface area (Å²) in [5.41, 5.74) is 4.40. The van der Waals surface area contributed by atoms with Crippen molar-refractivity contribution in [3.63, 3.8) is 0 Å². The Balaban J connectivity index is 1.78. The molecule has 0 atom stereocenters. The van der Waals surface area contributed by atoms with Gasteiger partial charge in [0.25, 0.3) is 0 Å². The number of benzene rings is 2. The van der Waals surface area contributed by atoms with Crippen molar-refractivity contribution in [2.24, 2.45) is 0 Å². The number of halogens is 2. The van der Waals surface area contributed by atoms with E-state index in [2.05, 4.69) is 77.9 Å². The fourth-order valence-electron chi connectivity index (χ4n) is 3.85. The first kappa shape index (κ1) is 22.5. The molecule has 0 saturated heterocycles. The normalized spacial score (nSPS) is 12.5. The zero-order chi connectivity index (χ0) is 22.3. The Morgan fingerprint density at radius 3 is 2.45 bits per heavy atom. The quantitative estimate of drug-likeness (QED) is 0.139. The Morgan fingerprint density at radius 2 is 1.81 bits per heavy atom. The van der Waals surface area contributed by atoms with Gasteiger partial charge in [-0.05, 0) is 71.0 Å². The van der Waals surface area contributed by atoms with Crippen molar-refractivity contribution in [3.05, 3.63) is 57.7 Å². The maximum absolute atomic E-state index is 13.6. The maximum Gasteiger partial charge on any atom is 0.139 e. The lowest BCUT2D eigenvalue weighted by molar-refractivity contribution is 0.0817. The van der Waals surface area contributed by atoms with Gasteiger partial charge >= 0.3 is 0 Å². The third-order valence-electron chi connectivity index (χ3n) is 5.54. The highest BCUT2D eigenvalue weighted by Crippen LogP contribution is 2.37. The van der Waals surface area contributed by atoms with Gasteiger partial charge < -0.3 is 9.30 Å². The molecule has 2 aromatic carbocycles. The highest BCUT2D eigenvalue weighted by Gasteiger charge is 2.21. The predicted octanol–water partition coefficient (Wildman–Crippen LogP) is 7.16. The molecule has 0 aliphatic rings. The van der Waals surface area contributed by atoms with E-state index in [1.54, 1.807) is 0 Å². The topological polar surface area (TPSA) is 32.0 Å². The van der Waals surface area contributed by atoms with Crippen LogP contribution in [-0.4, -0.2) is 29.0 Å². The van der Waals surface area contributed by atoms with Crippen molar-refractivity contribution < 1.29 is 9.13 Å². The van der Waals surface area contributed by atoms with Crippen LogP contribution >= 0.6 is 22.6 Å². The molecule has 0 N–H and O–H groups in total. The van der Waals surface area contributed by atoms with Crippen LogP contribution in [0.4, 0.5) is 4.39 Å². The van der Waals surface area contributed by atoms with Crippen molar-refractivity contribution in [3.8, 4) is 5.69 Å². The fourth-order valence-corrected chi connectivity index (χ4v) is 5.91. The second-order valence-corrected chi connectivity index (χ2v) is 16.3. The SMILES string of the molecule is CC(C)c1c(I)c2cc3c(cnn3COCC[Si](C)(C)C)cc2n1-c1ccc(F)cc1. The highest BCUT2D eigenvalue weighted by atomic mass is 127. The molecule has 4 aromatic rings. The minimum absolute atomic E-state index is 0.223. The van der Waals surface area contributed by atoms with Crippen molar-refractivity contribution in [1.29, 1.82) is 0 Å². The molecule has 0 bridgehead atoms. The molecule has 0 aliphatic carbocycles. The number of fused-ring (bicyclic) bond motifs is 2. The van der Waals surface area contributed by atoms with E-state index in [1.165, 1.54) is 26.8 Å². The first-order valence-electron chi connectivity index (χ1n) is 10.7. The highest BCUT2D eigenvalue weighted by molar-refractivity contribution is 14.1. The van der Waals surface area contributed by atoms with Gasteiger partial charge in [0.2, 0.25) is 0 Å². The Kier molecular flexibility index (Phi) is 6.29. The Bertz CT molecular complexity index is 1220. The van der Waals surface area contributed by atoms with Crippen molar-refractivity contribution in [2.45, 2.75) is 52.2 Å². The summed E-state index contributed by atoms with van der Waals surface area (Å²) in [4.78, 5) is 0. The van der Waals surface area contributed by atoms with E-state index in [0.29, 0.717) is 12.6 Å². The van der Waals surface area contributed by atoms with Crippen LogP contribution in [0.15, 0.2) is 42.6 Å². The van der Waals surface area contributed by atoms with Crippen molar-refractivity contribution in [1.82, 2.24) is 14.3 Å². The summed E-state index contributed by atoms with van der Waals surface area (Å²) in [5.74, 6) is 0.104. The van der Waals surface area contributed by atoms with Gasteiger partial charge in [0.15, 0.2) is 0 Å². The molecule has 0 radical (unpaired) electrons. The van der Waals surface area contributed by atoms with Gasteiger partial charge in [-0.2, -0.15) is 5.10 Å². The van der Waals surface area contributed by atoms with Gasteiger partial charge in [0.05, 0.1) is 17.2 Å². The van der Waals surface area contributed by atoms with Crippen LogP contribution in [0, 0.1) is 9.39 Å². The summed E-state index contributed by atoms with van der Waals surface area (Å²) in [6.45, 7) is 12.7. The second-order valence-electron chi connectivity index (χ2n) is 9.59. The summed E-state index contributed by atoms with van der Waals surface area (Å²) in [7, 11) is -1.11. The second kappa shape index (κ2) is 8.67. The molecule has 0 fully saturated rings. The van der Waals surface area contributed by atoms with E-state index in [1.807, 2.05) is 23.0 Å². The molecular weight excluding hydrogens is 520 g/mol. The summed E-state index contributed by atoms with van der Waals surface area (Å²) in [6.07, 6.45) is 1.90. The summed E-state index contributed by atoms with van der Waals surface area (Å²) >= 11 is 2.44. The molecule has 31 heavy (non-hydrogen) atoms. The van der Waals surface area contributed by atoms with E-state index in [-0.39, 0.29) is 5.82 Å². The molecular formula is C24H29FIN3OSi. The van der Waals surface area contributed by atoms with Crippen LogP contribution in [0.2, 0.25) is 25.7 Å². The van der Waals surface area contributed by atoms with Gasteiger partial charge in [-0.3, -0.25) is 0 Å². The lowest BCUT2D eigenvalue weighted by Crippen LogP contribution is -2.22. The molecule has 4 rings (SSSR count). The standard InChI is InChI=1S/C24H29FIN3OSi/c1-16(2)24-23(26)20-13-21-17(14-27-28(21)15-30-10-11-31(3,4)5)12-22(20)29(24)19-8-6-18(25)7-9-19/h6-9,12-14,16H,10-11,15H2,1-5H3. The Hall–Kier alpha value is -1.71. The lowest BCUT2D eigenvalue weighted by atomic mass is 10.1. The minimum Gasteiger partial charge on any atom is -0.360 e. The zero-order valence-electron chi connectivity index (χ0n) is 18.7.